The zero-order valence-electron chi connectivity index (χ0n) is 15.7. The largest absolute Gasteiger partial charge is 0.461 e. The SMILES string of the molecule is CC(=O)OCc1cc[n+](Cc2ccc3ccc4cccc5ccc2c3c45)cc1. The van der Waals surface area contributed by atoms with Gasteiger partial charge in [-0.2, -0.15) is 0 Å². The first-order valence-corrected chi connectivity index (χ1v) is 9.46. The van der Waals surface area contributed by atoms with E-state index in [-0.39, 0.29) is 5.97 Å². The van der Waals surface area contributed by atoms with Crippen LogP contribution in [0.1, 0.15) is 18.1 Å². The van der Waals surface area contributed by atoms with Crippen LogP contribution < -0.4 is 4.57 Å². The molecule has 0 aliphatic carbocycles. The molecule has 5 aromatic rings. The van der Waals surface area contributed by atoms with Crippen molar-refractivity contribution < 1.29 is 14.1 Å². The lowest BCUT2D eigenvalue weighted by atomic mass is 9.92. The van der Waals surface area contributed by atoms with Gasteiger partial charge in [0.15, 0.2) is 18.9 Å². The molecule has 0 atom stereocenters. The fourth-order valence-electron chi connectivity index (χ4n) is 4.01. The van der Waals surface area contributed by atoms with Crippen LogP contribution in [0.25, 0.3) is 32.3 Å². The summed E-state index contributed by atoms with van der Waals surface area (Å²) in [5.74, 6) is -0.259. The number of benzene rings is 4. The molecule has 0 saturated carbocycles. The molecule has 0 aliphatic rings. The first kappa shape index (κ1) is 16.7. The van der Waals surface area contributed by atoms with Crippen LogP contribution in [0.5, 0.6) is 0 Å². The maximum Gasteiger partial charge on any atom is 0.302 e. The van der Waals surface area contributed by atoms with Crippen molar-refractivity contribution in [3.8, 4) is 0 Å². The summed E-state index contributed by atoms with van der Waals surface area (Å²) in [6.07, 6.45) is 4.08. The molecular formula is C25H20NO2+. The van der Waals surface area contributed by atoms with Gasteiger partial charge in [-0.05, 0) is 32.3 Å². The molecule has 1 aromatic heterocycles. The predicted octanol–water partition coefficient (Wildman–Crippen LogP) is 4.98. The maximum atomic E-state index is 11.0. The fraction of sp³-hybridized carbons (Fsp3) is 0.120. The summed E-state index contributed by atoms with van der Waals surface area (Å²) in [6.45, 7) is 2.54. The van der Waals surface area contributed by atoms with E-state index in [4.69, 9.17) is 4.74 Å². The van der Waals surface area contributed by atoms with Crippen LogP contribution >= 0.6 is 0 Å². The van der Waals surface area contributed by atoms with Crippen molar-refractivity contribution >= 4 is 38.3 Å². The highest BCUT2D eigenvalue weighted by molar-refractivity contribution is 6.23. The lowest BCUT2D eigenvalue weighted by Crippen LogP contribution is -2.33. The molecule has 0 aliphatic heterocycles. The minimum absolute atomic E-state index is 0.259. The third-order valence-electron chi connectivity index (χ3n) is 5.37. The van der Waals surface area contributed by atoms with E-state index in [0.29, 0.717) is 6.61 Å². The molecule has 0 N–H and O–H groups in total. The summed E-state index contributed by atoms with van der Waals surface area (Å²) < 4.78 is 7.22. The summed E-state index contributed by atoms with van der Waals surface area (Å²) in [5, 5.41) is 7.86. The molecule has 136 valence electrons. The lowest BCUT2D eigenvalue weighted by molar-refractivity contribution is -0.688. The number of pyridine rings is 1. The summed E-state index contributed by atoms with van der Waals surface area (Å²) >= 11 is 0. The Morgan fingerprint density at radius 1 is 0.821 bits per heavy atom. The van der Waals surface area contributed by atoms with Gasteiger partial charge in [0.2, 0.25) is 0 Å². The maximum absolute atomic E-state index is 11.0. The Labute approximate surface area is 163 Å². The molecule has 3 nitrogen and oxygen atoms in total. The van der Waals surface area contributed by atoms with Crippen LogP contribution in [0.3, 0.4) is 0 Å². The van der Waals surface area contributed by atoms with E-state index < -0.39 is 0 Å². The van der Waals surface area contributed by atoms with Gasteiger partial charge in [-0.15, -0.1) is 0 Å². The highest BCUT2D eigenvalue weighted by Crippen LogP contribution is 2.35. The van der Waals surface area contributed by atoms with E-state index in [9.17, 15) is 4.79 Å². The molecule has 1 heterocycles. The molecule has 0 saturated heterocycles. The molecule has 0 bridgehead atoms. The van der Waals surface area contributed by atoms with Crippen LogP contribution in [0.4, 0.5) is 0 Å². The molecule has 0 fully saturated rings. The molecule has 0 spiro atoms. The Hall–Kier alpha value is -3.46. The summed E-state index contributed by atoms with van der Waals surface area (Å²) in [4.78, 5) is 11.0. The van der Waals surface area contributed by atoms with Crippen molar-refractivity contribution in [3.63, 3.8) is 0 Å². The fourth-order valence-corrected chi connectivity index (χ4v) is 4.01. The van der Waals surface area contributed by atoms with Gasteiger partial charge in [0.05, 0.1) is 0 Å². The molecule has 3 heteroatoms. The molecule has 0 radical (unpaired) electrons. The summed E-state index contributed by atoms with van der Waals surface area (Å²) in [6, 6.07) is 23.8. The highest BCUT2D eigenvalue weighted by Gasteiger charge is 2.13. The number of aromatic nitrogens is 1. The summed E-state index contributed by atoms with van der Waals surface area (Å²) in [7, 11) is 0. The van der Waals surface area contributed by atoms with Crippen LogP contribution in [-0.2, 0) is 22.7 Å². The molecule has 0 amide bonds. The number of carbonyl (C=O) groups is 1. The number of carbonyl (C=O) groups excluding carboxylic acids is 1. The van der Waals surface area contributed by atoms with Gasteiger partial charge in [0, 0.05) is 30.2 Å². The second-order valence-electron chi connectivity index (χ2n) is 7.24. The molecule has 0 unspecified atom stereocenters. The third kappa shape index (κ3) is 2.85. The quantitative estimate of drug-likeness (QED) is 0.255. The number of nitrogens with zero attached hydrogens (tertiary/aromatic N) is 1. The average molecular weight is 366 g/mol. The zero-order valence-corrected chi connectivity index (χ0v) is 15.7. The van der Waals surface area contributed by atoms with Gasteiger partial charge in [0.1, 0.15) is 6.61 Å². The number of hydrogen-bond acceptors (Lipinski definition) is 2. The van der Waals surface area contributed by atoms with Crippen LogP contribution in [0, 0.1) is 0 Å². The van der Waals surface area contributed by atoms with Crippen LogP contribution in [0.15, 0.2) is 79.1 Å². The van der Waals surface area contributed by atoms with Crippen molar-refractivity contribution in [2.24, 2.45) is 0 Å². The Balaban J connectivity index is 1.55. The van der Waals surface area contributed by atoms with E-state index in [0.717, 1.165) is 12.1 Å². The zero-order chi connectivity index (χ0) is 19.1. The molecule has 28 heavy (non-hydrogen) atoms. The smallest absolute Gasteiger partial charge is 0.302 e. The van der Waals surface area contributed by atoms with Gasteiger partial charge >= 0.3 is 5.97 Å². The minimum atomic E-state index is -0.259. The van der Waals surface area contributed by atoms with Gasteiger partial charge in [-0.3, -0.25) is 4.79 Å². The standard InChI is InChI=1S/C25H20NO2/c1-17(27)28-16-18-11-13-26(14-12-18)15-22-8-7-21-6-5-19-3-2-4-20-9-10-23(22)25(21)24(19)20/h2-14H,15-16H2,1H3/q+1. The monoisotopic (exact) mass is 366 g/mol. The lowest BCUT2D eigenvalue weighted by Gasteiger charge is -2.12. The predicted molar refractivity (Wildman–Crippen MR) is 111 cm³/mol. The Morgan fingerprint density at radius 3 is 2.18 bits per heavy atom. The second-order valence-corrected chi connectivity index (χ2v) is 7.24. The van der Waals surface area contributed by atoms with Crippen molar-refractivity contribution in [2.45, 2.75) is 20.1 Å². The van der Waals surface area contributed by atoms with Crippen LogP contribution in [-0.4, -0.2) is 5.97 Å². The minimum Gasteiger partial charge on any atom is -0.461 e. The Bertz CT molecular complexity index is 1290. The van der Waals surface area contributed by atoms with Crippen molar-refractivity contribution in [1.29, 1.82) is 0 Å². The van der Waals surface area contributed by atoms with Crippen molar-refractivity contribution in [3.05, 3.63) is 90.3 Å². The number of ether oxygens (including phenoxy) is 1. The average Bonchev–Trinajstić information content (AvgIpc) is 2.72. The van der Waals surface area contributed by atoms with E-state index in [2.05, 4.69) is 59.2 Å². The van der Waals surface area contributed by atoms with Gasteiger partial charge < -0.3 is 4.74 Å². The number of hydrogen-bond donors (Lipinski definition) is 0. The first-order chi connectivity index (χ1) is 13.7. The first-order valence-electron chi connectivity index (χ1n) is 9.46. The molecule has 4 aromatic carbocycles. The normalized spacial score (nSPS) is 11.5. The second kappa shape index (κ2) is 6.61. The van der Waals surface area contributed by atoms with E-state index in [1.165, 1.54) is 44.8 Å². The van der Waals surface area contributed by atoms with Crippen molar-refractivity contribution in [1.82, 2.24) is 0 Å². The highest BCUT2D eigenvalue weighted by atomic mass is 16.5. The van der Waals surface area contributed by atoms with Gasteiger partial charge in [-0.25, -0.2) is 4.57 Å². The third-order valence-corrected chi connectivity index (χ3v) is 5.37. The summed E-state index contributed by atoms with van der Waals surface area (Å²) in [5.41, 5.74) is 2.28. The number of esters is 1. The Kier molecular flexibility index (Phi) is 3.94. The Morgan fingerprint density at radius 2 is 1.46 bits per heavy atom. The topological polar surface area (TPSA) is 30.2 Å². The van der Waals surface area contributed by atoms with E-state index in [1.807, 2.05) is 24.5 Å². The van der Waals surface area contributed by atoms with E-state index in [1.54, 1.807) is 0 Å². The van der Waals surface area contributed by atoms with Gasteiger partial charge in [-0.1, -0.05) is 54.6 Å². The number of rotatable bonds is 4. The molecular weight excluding hydrogens is 346 g/mol. The van der Waals surface area contributed by atoms with E-state index >= 15 is 0 Å². The van der Waals surface area contributed by atoms with Crippen molar-refractivity contribution in [2.75, 3.05) is 0 Å². The van der Waals surface area contributed by atoms with Crippen LogP contribution in [0.2, 0.25) is 0 Å². The van der Waals surface area contributed by atoms with Gasteiger partial charge in [0.25, 0.3) is 0 Å². The molecule has 5 rings (SSSR count).